The van der Waals surface area contributed by atoms with Crippen molar-refractivity contribution in [3.63, 3.8) is 0 Å². The van der Waals surface area contributed by atoms with Gasteiger partial charge in [-0.05, 0) is 43.3 Å². The predicted molar refractivity (Wildman–Crippen MR) is 93.7 cm³/mol. The molecule has 0 saturated carbocycles. The minimum Gasteiger partial charge on any atom is -0.506 e. The number of nitrogens with one attached hydrogen (secondary N) is 1. The van der Waals surface area contributed by atoms with E-state index in [1.54, 1.807) is 0 Å². The van der Waals surface area contributed by atoms with Crippen molar-refractivity contribution < 1.29 is 18.3 Å². The van der Waals surface area contributed by atoms with Crippen molar-refractivity contribution >= 4 is 38.9 Å². The van der Waals surface area contributed by atoms with E-state index in [4.69, 9.17) is 27.9 Å². The zero-order valence-corrected chi connectivity index (χ0v) is 15.1. The predicted octanol–water partition coefficient (Wildman–Crippen LogP) is 3.41. The van der Waals surface area contributed by atoms with Gasteiger partial charge in [0.2, 0.25) is 0 Å². The summed E-state index contributed by atoms with van der Waals surface area (Å²) in [4.78, 5) is 2.12. The van der Waals surface area contributed by atoms with E-state index in [1.807, 2.05) is 0 Å². The molecule has 0 heterocycles. The summed E-state index contributed by atoms with van der Waals surface area (Å²) < 4.78 is 29.4. The minimum atomic E-state index is -3.86. The van der Waals surface area contributed by atoms with E-state index in [0.29, 0.717) is 10.8 Å². The van der Waals surface area contributed by atoms with Crippen molar-refractivity contribution in [2.75, 3.05) is 7.11 Å². The molecule has 2 N–H and O–H groups in total. The number of phenols is 1. The number of phenolic OH excluding ortho intramolecular Hbond substituents is 1. The molecule has 0 bridgehead atoms. The summed E-state index contributed by atoms with van der Waals surface area (Å²) >= 11 is 11.7. The van der Waals surface area contributed by atoms with Crippen LogP contribution in [0.2, 0.25) is 10.0 Å². The fourth-order valence-electron chi connectivity index (χ4n) is 1.84. The Morgan fingerprint density at radius 2 is 1.83 bits per heavy atom. The fourth-order valence-corrected chi connectivity index (χ4v) is 3.19. The van der Waals surface area contributed by atoms with Crippen LogP contribution in [-0.2, 0) is 10.0 Å². The lowest BCUT2D eigenvalue weighted by Crippen LogP contribution is -2.20. The lowest BCUT2D eigenvalue weighted by Gasteiger charge is -2.08. The van der Waals surface area contributed by atoms with E-state index < -0.39 is 10.0 Å². The number of nitrogens with zero attached hydrogens (tertiary/aromatic N) is 1. The normalized spacial score (nSPS) is 12.1. The van der Waals surface area contributed by atoms with Gasteiger partial charge in [-0.15, -0.1) is 0 Å². The van der Waals surface area contributed by atoms with E-state index in [2.05, 4.69) is 9.93 Å². The van der Waals surface area contributed by atoms with Gasteiger partial charge < -0.3 is 9.84 Å². The van der Waals surface area contributed by atoms with E-state index >= 15 is 0 Å². The van der Waals surface area contributed by atoms with E-state index in [0.717, 1.165) is 0 Å². The number of hydrazone groups is 1. The fraction of sp³-hybridized carbons (Fsp3) is 0.133. The van der Waals surface area contributed by atoms with Crippen LogP contribution in [0, 0.1) is 0 Å². The van der Waals surface area contributed by atoms with Gasteiger partial charge in [0.25, 0.3) is 10.0 Å². The van der Waals surface area contributed by atoms with Gasteiger partial charge in [-0.1, -0.05) is 23.2 Å². The van der Waals surface area contributed by atoms with Crippen molar-refractivity contribution in [1.82, 2.24) is 4.83 Å². The molecular weight excluding hydrogens is 375 g/mol. The molecular formula is C15H14Cl2N2O4S. The number of aromatic hydroxyl groups is 1. The van der Waals surface area contributed by atoms with Crippen molar-refractivity contribution in [2.45, 2.75) is 11.8 Å². The third-order valence-electron chi connectivity index (χ3n) is 3.12. The molecule has 6 nitrogen and oxygen atoms in total. The number of methoxy groups -OCH3 is 1. The van der Waals surface area contributed by atoms with Gasteiger partial charge in [-0.2, -0.15) is 18.4 Å². The first-order valence-corrected chi connectivity index (χ1v) is 8.87. The third-order valence-corrected chi connectivity index (χ3v) is 4.85. The van der Waals surface area contributed by atoms with Crippen molar-refractivity contribution in [1.29, 1.82) is 0 Å². The minimum absolute atomic E-state index is 0.0215. The molecule has 0 aliphatic carbocycles. The first-order chi connectivity index (χ1) is 11.2. The second-order valence-corrected chi connectivity index (χ2v) is 7.26. The molecule has 0 amide bonds. The zero-order valence-electron chi connectivity index (χ0n) is 12.7. The number of halogens is 2. The summed E-state index contributed by atoms with van der Waals surface area (Å²) in [6.07, 6.45) is 0. The summed E-state index contributed by atoms with van der Waals surface area (Å²) in [5.41, 5.74) is 0.430. The molecule has 0 atom stereocenters. The monoisotopic (exact) mass is 388 g/mol. The number of hydrogen-bond acceptors (Lipinski definition) is 5. The van der Waals surface area contributed by atoms with Crippen LogP contribution in [0.3, 0.4) is 0 Å². The lowest BCUT2D eigenvalue weighted by molar-refractivity contribution is 0.414. The molecule has 9 heteroatoms. The number of rotatable bonds is 5. The lowest BCUT2D eigenvalue weighted by atomic mass is 10.1. The van der Waals surface area contributed by atoms with Crippen LogP contribution in [0.1, 0.15) is 12.5 Å². The average molecular weight is 389 g/mol. The number of sulfonamides is 1. The Labute approximate surface area is 149 Å². The Bertz CT molecular complexity index is 881. The number of hydrogen-bond donors (Lipinski definition) is 2. The third kappa shape index (κ3) is 4.11. The van der Waals surface area contributed by atoms with E-state index in [-0.39, 0.29) is 26.9 Å². The van der Waals surface area contributed by atoms with Gasteiger partial charge in [0.05, 0.1) is 22.7 Å². The van der Waals surface area contributed by atoms with Gasteiger partial charge in [0, 0.05) is 10.6 Å². The maximum atomic E-state index is 12.2. The van der Waals surface area contributed by atoms with Gasteiger partial charge in [-0.25, -0.2) is 0 Å². The second-order valence-electron chi connectivity index (χ2n) is 4.75. The van der Waals surface area contributed by atoms with Crippen LogP contribution in [0.5, 0.6) is 11.5 Å². The molecule has 2 aromatic carbocycles. The maximum Gasteiger partial charge on any atom is 0.276 e. The highest BCUT2D eigenvalue weighted by molar-refractivity contribution is 7.89. The Kier molecular flexibility index (Phi) is 5.58. The second kappa shape index (κ2) is 7.29. The number of benzene rings is 2. The van der Waals surface area contributed by atoms with Crippen LogP contribution in [0.25, 0.3) is 0 Å². The highest BCUT2D eigenvalue weighted by Gasteiger charge is 2.15. The van der Waals surface area contributed by atoms with Gasteiger partial charge in [0.15, 0.2) is 0 Å². The molecule has 24 heavy (non-hydrogen) atoms. The van der Waals surface area contributed by atoms with Crippen LogP contribution < -0.4 is 9.57 Å². The summed E-state index contributed by atoms with van der Waals surface area (Å²) in [6, 6.07) is 8.63. The Morgan fingerprint density at radius 3 is 2.42 bits per heavy atom. The van der Waals surface area contributed by atoms with E-state index in [9.17, 15) is 13.5 Å². The highest BCUT2D eigenvalue weighted by atomic mass is 35.5. The van der Waals surface area contributed by atoms with Crippen LogP contribution in [0.15, 0.2) is 46.4 Å². The zero-order chi connectivity index (χ0) is 17.9. The average Bonchev–Trinajstić information content (AvgIpc) is 2.56. The van der Waals surface area contributed by atoms with Crippen molar-refractivity contribution in [3.05, 3.63) is 52.0 Å². The first kappa shape index (κ1) is 18.4. The Balaban J connectivity index is 2.28. The van der Waals surface area contributed by atoms with Crippen LogP contribution in [0.4, 0.5) is 0 Å². The standard InChI is InChI=1S/C15H14Cl2N2O4S/c1-9(13-7-10(16)8-14(17)15(13)20)18-19-24(21,22)12-5-3-11(23-2)4-6-12/h3-8,19-20H,1-2H3. The molecule has 0 spiro atoms. The first-order valence-electron chi connectivity index (χ1n) is 6.63. The molecule has 128 valence electrons. The molecule has 0 fully saturated rings. The van der Waals surface area contributed by atoms with Crippen molar-refractivity contribution in [3.8, 4) is 11.5 Å². The summed E-state index contributed by atoms with van der Waals surface area (Å²) in [6.45, 7) is 1.51. The maximum absolute atomic E-state index is 12.2. The van der Waals surface area contributed by atoms with Gasteiger partial charge in [-0.3, -0.25) is 0 Å². The molecule has 2 aromatic rings. The molecule has 0 aliphatic heterocycles. The molecule has 0 unspecified atom stereocenters. The van der Waals surface area contributed by atoms with Gasteiger partial charge in [0.1, 0.15) is 11.5 Å². The smallest absolute Gasteiger partial charge is 0.276 e. The molecule has 0 saturated heterocycles. The molecule has 0 aliphatic rings. The van der Waals surface area contributed by atoms with Crippen LogP contribution in [-0.4, -0.2) is 26.3 Å². The summed E-state index contributed by atoms with van der Waals surface area (Å²) in [7, 11) is -2.38. The molecule has 0 aromatic heterocycles. The van der Waals surface area contributed by atoms with E-state index in [1.165, 1.54) is 50.4 Å². The van der Waals surface area contributed by atoms with Crippen molar-refractivity contribution in [2.24, 2.45) is 5.10 Å². The topological polar surface area (TPSA) is 88.0 Å². The number of ether oxygens (including phenoxy) is 1. The van der Waals surface area contributed by atoms with Gasteiger partial charge >= 0.3 is 0 Å². The largest absolute Gasteiger partial charge is 0.506 e. The molecule has 0 radical (unpaired) electrons. The quantitative estimate of drug-likeness (QED) is 0.606. The summed E-state index contributed by atoms with van der Waals surface area (Å²) in [5, 5.41) is 14.1. The Morgan fingerprint density at radius 1 is 1.21 bits per heavy atom. The highest BCUT2D eigenvalue weighted by Crippen LogP contribution is 2.31. The summed E-state index contributed by atoms with van der Waals surface area (Å²) in [5.74, 6) is 0.304. The SMILES string of the molecule is COc1ccc(S(=O)(=O)NN=C(C)c2cc(Cl)cc(Cl)c2O)cc1. The molecule has 2 rings (SSSR count). The Hall–Kier alpha value is -1.96. The van der Waals surface area contributed by atoms with Crippen LogP contribution >= 0.6 is 23.2 Å².